The molecule has 1 N–H and O–H groups in total. The molecule has 1 aliphatic carbocycles. The quantitative estimate of drug-likeness (QED) is 0.840. The lowest BCUT2D eigenvalue weighted by atomic mass is 9.93. The van der Waals surface area contributed by atoms with Crippen molar-refractivity contribution in [1.29, 1.82) is 0 Å². The second-order valence-electron chi connectivity index (χ2n) is 6.93. The molecule has 2 aliphatic rings. The van der Waals surface area contributed by atoms with E-state index in [1.54, 1.807) is 0 Å². The maximum Gasteiger partial charge on any atom is 0.248 e. The Balaban J connectivity index is 2.18. The van der Waals surface area contributed by atoms with Gasteiger partial charge in [-0.15, -0.1) is 0 Å². The molecule has 1 saturated heterocycles. The van der Waals surface area contributed by atoms with E-state index < -0.39 is 5.54 Å². The lowest BCUT2D eigenvalue weighted by Crippen LogP contribution is -2.57. The van der Waals surface area contributed by atoms with Gasteiger partial charge >= 0.3 is 0 Å². The Morgan fingerprint density at radius 2 is 2.05 bits per heavy atom. The number of hydrogen-bond donors (Lipinski definition) is 1. The maximum atomic E-state index is 13.0. The molecule has 2 fully saturated rings. The van der Waals surface area contributed by atoms with Gasteiger partial charge in [-0.3, -0.25) is 9.59 Å². The topological polar surface area (TPSA) is 49.4 Å². The molecule has 3 atom stereocenters. The third kappa shape index (κ3) is 2.99. The van der Waals surface area contributed by atoms with E-state index in [1.807, 2.05) is 18.7 Å². The predicted molar refractivity (Wildman–Crippen MR) is 79.1 cm³/mol. The Kier molecular flexibility index (Phi) is 4.40. The van der Waals surface area contributed by atoms with Crippen molar-refractivity contribution in [3.8, 4) is 0 Å². The molecule has 0 aromatic heterocycles. The lowest BCUT2D eigenvalue weighted by molar-refractivity contribution is -0.141. The summed E-state index contributed by atoms with van der Waals surface area (Å²) >= 11 is 0. The van der Waals surface area contributed by atoms with Crippen LogP contribution >= 0.6 is 0 Å². The normalized spacial score (nSPS) is 32.8. The molecule has 1 aliphatic heterocycles. The zero-order valence-corrected chi connectivity index (χ0v) is 13.2. The maximum absolute atomic E-state index is 13.0. The van der Waals surface area contributed by atoms with Crippen LogP contribution in [0, 0.1) is 11.8 Å². The minimum absolute atomic E-state index is 0.00220. The summed E-state index contributed by atoms with van der Waals surface area (Å²) in [5.41, 5.74) is -0.673. The number of amides is 2. The molecular weight excluding hydrogens is 252 g/mol. The second kappa shape index (κ2) is 5.74. The van der Waals surface area contributed by atoms with Gasteiger partial charge in [-0.2, -0.15) is 0 Å². The third-order valence-electron chi connectivity index (χ3n) is 4.80. The minimum atomic E-state index is -0.673. The Bertz CT molecular complexity index is 392. The summed E-state index contributed by atoms with van der Waals surface area (Å²) in [6.45, 7) is 9.04. The molecule has 3 unspecified atom stereocenters. The number of nitrogens with one attached hydrogen (secondary N) is 1. The van der Waals surface area contributed by atoms with Crippen LogP contribution in [-0.4, -0.2) is 34.8 Å². The fourth-order valence-electron chi connectivity index (χ4n) is 3.39. The molecule has 1 heterocycles. The van der Waals surface area contributed by atoms with Gasteiger partial charge in [0.15, 0.2) is 0 Å². The minimum Gasteiger partial charge on any atom is -0.342 e. The zero-order chi connectivity index (χ0) is 14.9. The molecule has 2 rings (SSSR count). The van der Waals surface area contributed by atoms with Crippen LogP contribution in [0.1, 0.15) is 59.8 Å². The molecule has 114 valence electrons. The number of carbonyl (C=O) groups excluding carboxylic acids is 2. The second-order valence-corrected chi connectivity index (χ2v) is 6.93. The summed E-state index contributed by atoms with van der Waals surface area (Å²) < 4.78 is 0. The summed E-state index contributed by atoms with van der Waals surface area (Å²) in [7, 11) is 0. The standard InChI is InChI=1S/C16H28N2O2/c1-5-6-11(2)10-18-12(3)9-14(19)17-16(4,15(18)20)13-7-8-13/h11-13H,5-10H2,1-4H3,(H,17,19). The van der Waals surface area contributed by atoms with Gasteiger partial charge in [-0.1, -0.05) is 20.3 Å². The third-order valence-corrected chi connectivity index (χ3v) is 4.80. The predicted octanol–water partition coefficient (Wildman–Crippen LogP) is 2.33. The molecule has 0 spiro atoms. The van der Waals surface area contributed by atoms with Crippen molar-refractivity contribution in [3.63, 3.8) is 0 Å². The Morgan fingerprint density at radius 1 is 1.40 bits per heavy atom. The lowest BCUT2D eigenvalue weighted by Gasteiger charge is -2.36. The van der Waals surface area contributed by atoms with E-state index in [0.717, 1.165) is 32.2 Å². The Labute approximate surface area is 122 Å². The number of hydrogen-bond acceptors (Lipinski definition) is 2. The fourth-order valence-corrected chi connectivity index (χ4v) is 3.39. The fraction of sp³-hybridized carbons (Fsp3) is 0.875. The first-order valence-corrected chi connectivity index (χ1v) is 8.00. The summed E-state index contributed by atoms with van der Waals surface area (Å²) in [6, 6.07) is 0.00220. The van der Waals surface area contributed by atoms with Crippen molar-refractivity contribution in [3.05, 3.63) is 0 Å². The average Bonchev–Trinajstić information content (AvgIpc) is 3.18. The average molecular weight is 280 g/mol. The van der Waals surface area contributed by atoms with Gasteiger partial charge < -0.3 is 10.2 Å². The summed E-state index contributed by atoms with van der Waals surface area (Å²) in [4.78, 5) is 27.0. The SMILES string of the molecule is CCCC(C)CN1C(=O)C(C)(C2CC2)NC(=O)CC1C. The summed E-state index contributed by atoms with van der Waals surface area (Å²) in [6.07, 6.45) is 4.78. The van der Waals surface area contributed by atoms with Crippen molar-refractivity contribution in [2.45, 2.75) is 71.4 Å². The molecule has 1 saturated carbocycles. The van der Waals surface area contributed by atoms with E-state index in [4.69, 9.17) is 0 Å². The summed E-state index contributed by atoms with van der Waals surface area (Å²) in [5, 5.41) is 3.00. The molecule has 4 nitrogen and oxygen atoms in total. The molecule has 2 amide bonds. The van der Waals surface area contributed by atoms with Gasteiger partial charge in [0, 0.05) is 19.0 Å². The Hall–Kier alpha value is -1.06. The molecule has 0 bridgehead atoms. The molecule has 4 heteroatoms. The van der Waals surface area contributed by atoms with E-state index in [1.165, 1.54) is 0 Å². The highest BCUT2D eigenvalue weighted by Gasteiger charge is 2.52. The largest absolute Gasteiger partial charge is 0.342 e. The summed E-state index contributed by atoms with van der Waals surface area (Å²) in [5.74, 6) is 0.962. The van der Waals surface area contributed by atoms with Crippen LogP contribution in [0.15, 0.2) is 0 Å². The van der Waals surface area contributed by atoms with Gasteiger partial charge in [0.25, 0.3) is 0 Å². The van der Waals surface area contributed by atoms with Crippen LogP contribution in [0.5, 0.6) is 0 Å². The van der Waals surface area contributed by atoms with E-state index in [0.29, 0.717) is 18.3 Å². The highest BCUT2D eigenvalue weighted by molar-refractivity contribution is 5.94. The van der Waals surface area contributed by atoms with E-state index >= 15 is 0 Å². The van der Waals surface area contributed by atoms with Crippen LogP contribution in [0.3, 0.4) is 0 Å². The van der Waals surface area contributed by atoms with Gasteiger partial charge in [0.2, 0.25) is 11.8 Å². The number of nitrogens with zero attached hydrogens (tertiary/aromatic N) is 1. The highest BCUT2D eigenvalue weighted by Crippen LogP contribution is 2.42. The molecular formula is C16H28N2O2. The first kappa shape index (κ1) is 15.3. The first-order valence-electron chi connectivity index (χ1n) is 8.00. The van der Waals surface area contributed by atoms with Crippen molar-refractivity contribution >= 4 is 11.8 Å². The molecule has 0 radical (unpaired) electrons. The van der Waals surface area contributed by atoms with Crippen molar-refractivity contribution < 1.29 is 9.59 Å². The van der Waals surface area contributed by atoms with Crippen LogP contribution < -0.4 is 5.32 Å². The highest BCUT2D eigenvalue weighted by atomic mass is 16.2. The van der Waals surface area contributed by atoms with Crippen molar-refractivity contribution in [2.75, 3.05) is 6.54 Å². The van der Waals surface area contributed by atoms with Crippen LogP contribution in [-0.2, 0) is 9.59 Å². The van der Waals surface area contributed by atoms with E-state index in [9.17, 15) is 9.59 Å². The van der Waals surface area contributed by atoms with Gasteiger partial charge in [0.1, 0.15) is 5.54 Å². The van der Waals surface area contributed by atoms with Gasteiger partial charge in [0.05, 0.1) is 0 Å². The van der Waals surface area contributed by atoms with Crippen molar-refractivity contribution in [2.24, 2.45) is 11.8 Å². The number of carbonyl (C=O) groups is 2. The number of rotatable bonds is 5. The first-order chi connectivity index (χ1) is 9.38. The molecule has 0 aromatic rings. The van der Waals surface area contributed by atoms with E-state index in [2.05, 4.69) is 19.2 Å². The molecule has 0 aromatic carbocycles. The van der Waals surface area contributed by atoms with Gasteiger partial charge in [-0.25, -0.2) is 0 Å². The van der Waals surface area contributed by atoms with E-state index in [-0.39, 0.29) is 17.9 Å². The zero-order valence-electron chi connectivity index (χ0n) is 13.2. The van der Waals surface area contributed by atoms with Crippen molar-refractivity contribution in [1.82, 2.24) is 10.2 Å². The van der Waals surface area contributed by atoms with Crippen LogP contribution in [0.2, 0.25) is 0 Å². The smallest absolute Gasteiger partial charge is 0.248 e. The Morgan fingerprint density at radius 3 is 2.60 bits per heavy atom. The molecule has 20 heavy (non-hydrogen) atoms. The van der Waals surface area contributed by atoms with Crippen LogP contribution in [0.4, 0.5) is 0 Å². The van der Waals surface area contributed by atoms with Gasteiger partial charge in [-0.05, 0) is 44.9 Å². The monoisotopic (exact) mass is 280 g/mol. The van der Waals surface area contributed by atoms with Crippen LogP contribution in [0.25, 0.3) is 0 Å².